The Balaban J connectivity index is 0.986. The molecule has 4 bridgehead atoms. The SMILES string of the molecule is O=C(OCc1ncoc1-c1ccccc1)N1CCc2c(ncnc2NCC23CC4CC(CC(C4)C2)C3)C1. The first-order chi connectivity index (χ1) is 18.1. The van der Waals surface area contributed by atoms with Crippen LogP contribution in [0.1, 0.15) is 55.5 Å². The van der Waals surface area contributed by atoms with Gasteiger partial charge in [0.05, 0.1) is 12.2 Å². The van der Waals surface area contributed by atoms with Crippen molar-refractivity contribution in [3.8, 4) is 11.3 Å². The smallest absolute Gasteiger partial charge is 0.410 e. The maximum absolute atomic E-state index is 12.9. The molecule has 4 fully saturated rings. The second-order valence-electron chi connectivity index (χ2n) is 11.6. The number of rotatable bonds is 6. The quantitative estimate of drug-likeness (QED) is 0.482. The Morgan fingerprint density at radius 2 is 1.81 bits per heavy atom. The summed E-state index contributed by atoms with van der Waals surface area (Å²) in [7, 11) is 0. The summed E-state index contributed by atoms with van der Waals surface area (Å²) in [6, 6.07) is 9.71. The van der Waals surface area contributed by atoms with E-state index >= 15 is 0 Å². The second-order valence-corrected chi connectivity index (χ2v) is 11.6. The van der Waals surface area contributed by atoms with Crippen molar-refractivity contribution < 1.29 is 13.9 Å². The molecule has 1 aromatic carbocycles. The molecule has 2 aromatic heterocycles. The molecule has 1 aliphatic heterocycles. The topological polar surface area (TPSA) is 93.4 Å². The number of anilines is 1. The normalized spacial score (nSPS) is 27.7. The Morgan fingerprint density at radius 1 is 1.05 bits per heavy atom. The van der Waals surface area contributed by atoms with Gasteiger partial charge in [0.2, 0.25) is 0 Å². The zero-order valence-electron chi connectivity index (χ0n) is 21.1. The van der Waals surface area contributed by atoms with Crippen molar-refractivity contribution in [3.05, 3.63) is 60.0 Å². The lowest BCUT2D eigenvalue weighted by atomic mass is 9.49. The molecule has 192 valence electrons. The number of amides is 1. The fourth-order valence-electron chi connectivity index (χ4n) is 7.86. The molecule has 8 rings (SSSR count). The number of fused-ring (bicyclic) bond motifs is 1. The highest BCUT2D eigenvalue weighted by Gasteiger charge is 2.50. The van der Waals surface area contributed by atoms with Gasteiger partial charge in [0.25, 0.3) is 0 Å². The largest absolute Gasteiger partial charge is 0.443 e. The summed E-state index contributed by atoms with van der Waals surface area (Å²) in [5.41, 5.74) is 3.99. The third-order valence-electron chi connectivity index (χ3n) is 9.07. The van der Waals surface area contributed by atoms with Crippen LogP contribution in [0, 0.1) is 23.2 Å². The molecular weight excluding hydrogens is 466 g/mol. The molecule has 3 aromatic rings. The van der Waals surface area contributed by atoms with Crippen LogP contribution in [0.4, 0.5) is 10.6 Å². The van der Waals surface area contributed by atoms with E-state index in [0.29, 0.717) is 36.4 Å². The van der Waals surface area contributed by atoms with Gasteiger partial charge in [-0.05, 0) is 68.1 Å². The summed E-state index contributed by atoms with van der Waals surface area (Å²) in [5.74, 6) is 4.39. The van der Waals surface area contributed by atoms with Crippen LogP contribution in [0.15, 0.2) is 47.5 Å². The summed E-state index contributed by atoms with van der Waals surface area (Å²) >= 11 is 0. The number of benzene rings is 1. The number of nitrogens with one attached hydrogen (secondary N) is 1. The molecular formula is C29H33N5O3. The van der Waals surface area contributed by atoms with Crippen LogP contribution in [0.5, 0.6) is 0 Å². The van der Waals surface area contributed by atoms with Gasteiger partial charge in [-0.3, -0.25) is 0 Å². The van der Waals surface area contributed by atoms with E-state index in [1.165, 1.54) is 44.9 Å². The van der Waals surface area contributed by atoms with Crippen molar-refractivity contribution in [2.75, 3.05) is 18.4 Å². The minimum atomic E-state index is -0.366. The second kappa shape index (κ2) is 9.15. The average Bonchev–Trinajstić information content (AvgIpc) is 3.39. The Labute approximate surface area is 216 Å². The van der Waals surface area contributed by atoms with E-state index in [1.807, 2.05) is 30.3 Å². The summed E-state index contributed by atoms with van der Waals surface area (Å²) in [6.07, 6.45) is 11.8. The predicted molar refractivity (Wildman–Crippen MR) is 137 cm³/mol. The van der Waals surface area contributed by atoms with Crippen molar-refractivity contribution in [2.24, 2.45) is 23.2 Å². The predicted octanol–water partition coefficient (Wildman–Crippen LogP) is 5.45. The molecule has 1 N–H and O–H groups in total. The lowest BCUT2D eigenvalue weighted by molar-refractivity contribution is -0.0444. The molecule has 0 unspecified atom stereocenters. The Bertz CT molecular complexity index is 1250. The highest BCUT2D eigenvalue weighted by Crippen LogP contribution is 2.60. The first kappa shape index (κ1) is 22.8. The van der Waals surface area contributed by atoms with E-state index in [-0.39, 0.29) is 12.7 Å². The van der Waals surface area contributed by atoms with Gasteiger partial charge in [-0.25, -0.2) is 19.7 Å². The number of aromatic nitrogens is 3. The van der Waals surface area contributed by atoms with Gasteiger partial charge in [0.1, 0.15) is 24.4 Å². The van der Waals surface area contributed by atoms with Crippen molar-refractivity contribution in [2.45, 2.75) is 58.1 Å². The molecule has 0 spiro atoms. The van der Waals surface area contributed by atoms with E-state index in [9.17, 15) is 4.79 Å². The molecule has 4 saturated carbocycles. The van der Waals surface area contributed by atoms with Crippen LogP contribution in [0.25, 0.3) is 11.3 Å². The minimum Gasteiger partial charge on any atom is -0.443 e. The van der Waals surface area contributed by atoms with Gasteiger partial charge >= 0.3 is 6.09 Å². The van der Waals surface area contributed by atoms with Crippen LogP contribution in [0.2, 0.25) is 0 Å². The molecule has 0 radical (unpaired) electrons. The third kappa shape index (κ3) is 4.36. The number of hydrogen-bond donors (Lipinski definition) is 1. The third-order valence-corrected chi connectivity index (χ3v) is 9.07. The van der Waals surface area contributed by atoms with Crippen LogP contribution < -0.4 is 5.32 Å². The molecule has 4 aliphatic carbocycles. The van der Waals surface area contributed by atoms with Crippen LogP contribution >= 0.6 is 0 Å². The lowest BCUT2D eigenvalue weighted by Gasteiger charge is -2.57. The Kier molecular flexibility index (Phi) is 5.63. The van der Waals surface area contributed by atoms with Crippen molar-refractivity contribution >= 4 is 11.9 Å². The van der Waals surface area contributed by atoms with Crippen LogP contribution in [-0.4, -0.2) is 39.0 Å². The first-order valence-electron chi connectivity index (χ1n) is 13.6. The summed E-state index contributed by atoms with van der Waals surface area (Å²) in [6.45, 7) is 2.07. The average molecular weight is 500 g/mol. The molecule has 1 amide bonds. The molecule has 5 aliphatic rings. The van der Waals surface area contributed by atoms with E-state index < -0.39 is 0 Å². The molecule has 8 nitrogen and oxygen atoms in total. The van der Waals surface area contributed by atoms with Crippen molar-refractivity contribution in [3.63, 3.8) is 0 Å². The monoisotopic (exact) mass is 499 g/mol. The lowest BCUT2D eigenvalue weighted by Crippen LogP contribution is -2.49. The number of oxazole rings is 1. The molecule has 8 heteroatoms. The van der Waals surface area contributed by atoms with Gasteiger partial charge in [0, 0.05) is 24.2 Å². The van der Waals surface area contributed by atoms with Crippen molar-refractivity contribution in [1.29, 1.82) is 0 Å². The van der Waals surface area contributed by atoms with E-state index in [2.05, 4.69) is 20.3 Å². The number of nitrogens with zero attached hydrogens (tertiary/aromatic N) is 4. The molecule has 3 heterocycles. The number of carbonyl (C=O) groups excluding carboxylic acids is 1. The van der Waals surface area contributed by atoms with E-state index in [0.717, 1.165) is 46.9 Å². The van der Waals surface area contributed by atoms with E-state index in [1.54, 1.807) is 11.2 Å². The van der Waals surface area contributed by atoms with Gasteiger partial charge in [-0.15, -0.1) is 0 Å². The van der Waals surface area contributed by atoms with Crippen molar-refractivity contribution in [1.82, 2.24) is 19.9 Å². The fourth-order valence-corrected chi connectivity index (χ4v) is 7.86. The Morgan fingerprint density at radius 3 is 2.57 bits per heavy atom. The maximum Gasteiger partial charge on any atom is 0.410 e. The van der Waals surface area contributed by atoms with Gasteiger partial charge in [0.15, 0.2) is 12.2 Å². The number of ether oxygens (including phenoxy) is 1. The standard InChI is InChI=1S/C29H33N5O3/c35-28(36-15-25-26(37-18-33-25)22-4-2-1-3-5-22)34-7-6-23-24(14-34)31-17-32-27(23)30-16-29-11-19-8-20(12-29)10-21(9-19)13-29/h1-5,17-21H,6-16H2,(H,30,31,32). The molecule has 0 atom stereocenters. The summed E-state index contributed by atoms with van der Waals surface area (Å²) in [4.78, 5) is 28.0. The number of carbonyl (C=O) groups is 1. The highest BCUT2D eigenvalue weighted by molar-refractivity contribution is 5.69. The van der Waals surface area contributed by atoms with Gasteiger partial charge < -0.3 is 19.4 Å². The zero-order chi connectivity index (χ0) is 24.8. The van der Waals surface area contributed by atoms with E-state index in [4.69, 9.17) is 9.15 Å². The first-order valence-corrected chi connectivity index (χ1v) is 13.6. The Hall–Kier alpha value is -3.42. The minimum absolute atomic E-state index is 0.0601. The summed E-state index contributed by atoms with van der Waals surface area (Å²) < 4.78 is 11.2. The maximum atomic E-state index is 12.9. The summed E-state index contributed by atoms with van der Waals surface area (Å²) in [5, 5.41) is 3.73. The highest BCUT2D eigenvalue weighted by atomic mass is 16.6. The van der Waals surface area contributed by atoms with Gasteiger partial charge in [-0.1, -0.05) is 30.3 Å². The van der Waals surface area contributed by atoms with Crippen LogP contribution in [-0.2, 0) is 24.3 Å². The molecule has 37 heavy (non-hydrogen) atoms. The fraction of sp³-hybridized carbons (Fsp3) is 0.517. The zero-order valence-corrected chi connectivity index (χ0v) is 21.1. The van der Waals surface area contributed by atoms with Gasteiger partial charge in [-0.2, -0.15) is 0 Å². The van der Waals surface area contributed by atoms with Crippen LogP contribution in [0.3, 0.4) is 0 Å². The number of hydrogen-bond acceptors (Lipinski definition) is 7. The molecule has 0 saturated heterocycles.